The van der Waals surface area contributed by atoms with Crippen LogP contribution in [0.1, 0.15) is 29.7 Å². The predicted molar refractivity (Wildman–Crippen MR) is 83.6 cm³/mol. The van der Waals surface area contributed by atoms with Gasteiger partial charge in [-0.25, -0.2) is 8.42 Å². The largest absolute Gasteiger partial charge is 0.243 e. The number of fused-ring (bicyclic) bond motifs is 1. The van der Waals surface area contributed by atoms with Crippen molar-refractivity contribution < 1.29 is 8.42 Å². The minimum atomic E-state index is -3.44. The molecule has 110 valence electrons. The molecule has 0 bridgehead atoms. The predicted octanol–water partition coefficient (Wildman–Crippen LogP) is 3.30. The fourth-order valence-electron chi connectivity index (χ4n) is 2.92. The van der Waals surface area contributed by atoms with Gasteiger partial charge in [0.15, 0.2) is 0 Å². The molecule has 1 unspecified atom stereocenters. The zero-order valence-corrected chi connectivity index (χ0v) is 13.1. The van der Waals surface area contributed by atoms with Crippen LogP contribution in [0.25, 0.3) is 0 Å². The van der Waals surface area contributed by atoms with Crippen molar-refractivity contribution in [1.29, 1.82) is 0 Å². The molecule has 0 fully saturated rings. The molecule has 1 aliphatic rings. The summed E-state index contributed by atoms with van der Waals surface area (Å²) in [7, 11) is -3.44. The standard InChI is InChI=1S/C17H19NO2S/c1-13-7-9-16(10-8-13)21(19,20)18-12-11-15-5-3-4-6-17(15)14(18)2/h3-10,14H,11-12H2,1-2H3. The van der Waals surface area contributed by atoms with Crippen molar-refractivity contribution >= 4 is 10.0 Å². The average Bonchev–Trinajstić information content (AvgIpc) is 2.48. The highest BCUT2D eigenvalue weighted by molar-refractivity contribution is 7.89. The summed E-state index contributed by atoms with van der Waals surface area (Å²) in [5.41, 5.74) is 3.42. The van der Waals surface area contributed by atoms with Gasteiger partial charge in [-0.05, 0) is 43.5 Å². The molecule has 0 saturated carbocycles. The van der Waals surface area contributed by atoms with Gasteiger partial charge in [-0.3, -0.25) is 0 Å². The van der Waals surface area contributed by atoms with Gasteiger partial charge in [0, 0.05) is 12.6 Å². The van der Waals surface area contributed by atoms with Crippen LogP contribution in [-0.4, -0.2) is 19.3 Å². The molecule has 3 nitrogen and oxygen atoms in total. The molecule has 0 saturated heterocycles. The van der Waals surface area contributed by atoms with Gasteiger partial charge in [0.2, 0.25) is 10.0 Å². The number of nitrogens with zero attached hydrogens (tertiary/aromatic N) is 1. The third-order valence-electron chi connectivity index (χ3n) is 4.17. The molecular weight excluding hydrogens is 282 g/mol. The Morgan fingerprint density at radius 2 is 1.71 bits per heavy atom. The molecule has 0 amide bonds. The number of benzene rings is 2. The van der Waals surface area contributed by atoms with E-state index < -0.39 is 10.0 Å². The van der Waals surface area contributed by atoms with E-state index in [-0.39, 0.29) is 6.04 Å². The Morgan fingerprint density at radius 1 is 1.05 bits per heavy atom. The minimum Gasteiger partial charge on any atom is -0.207 e. The summed E-state index contributed by atoms with van der Waals surface area (Å²) >= 11 is 0. The molecule has 2 aromatic rings. The molecule has 2 aromatic carbocycles. The summed E-state index contributed by atoms with van der Waals surface area (Å²) in [6.45, 7) is 4.45. The normalized spacial score (nSPS) is 19.2. The Balaban J connectivity index is 1.99. The van der Waals surface area contributed by atoms with Crippen molar-refractivity contribution in [2.75, 3.05) is 6.54 Å². The van der Waals surface area contributed by atoms with Crippen LogP contribution in [0.4, 0.5) is 0 Å². The maximum atomic E-state index is 12.8. The topological polar surface area (TPSA) is 37.4 Å². The Bertz CT molecular complexity index is 751. The van der Waals surface area contributed by atoms with E-state index in [2.05, 4.69) is 6.07 Å². The van der Waals surface area contributed by atoms with Gasteiger partial charge in [-0.2, -0.15) is 4.31 Å². The fourth-order valence-corrected chi connectivity index (χ4v) is 4.54. The minimum absolute atomic E-state index is 0.124. The summed E-state index contributed by atoms with van der Waals surface area (Å²) in [4.78, 5) is 0.374. The van der Waals surface area contributed by atoms with Crippen LogP contribution < -0.4 is 0 Å². The smallest absolute Gasteiger partial charge is 0.207 e. The Labute approximate surface area is 126 Å². The van der Waals surface area contributed by atoms with Crippen molar-refractivity contribution in [1.82, 2.24) is 4.31 Å². The molecule has 21 heavy (non-hydrogen) atoms. The first-order valence-electron chi connectivity index (χ1n) is 7.16. The van der Waals surface area contributed by atoms with Crippen molar-refractivity contribution in [3.63, 3.8) is 0 Å². The van der Waals surface area contributed by atoms with Crippen molar-refractivity contribution in [2.45, 2.75) is 31.2 Å². The number of sulfonamides is 1. The molecule has 1 heterocycles. The van der Waals surface area contributed by atoms with Gasteiger partial charge in [0.05, 0.1) is 4.90 Å². The second kappa shape index (κ2) is 5.28. The van der Waals surface area contributed by atoms with E-state index in [1.807, 2.05) is 44.2 Å². The van der Waals surface area contributed by atoms with Crippen LogP contribution in [0.5, 0.6) is 0 Å². The highest BCUT2D eigenvalue weighted by atomic mass is 32.2. The molecule has 0 radical (unpaired) electrons. The van der Waals surface area contributed by atoms with Crippen molar-refractivity contribution in [2.24, 2.45) is 0 Å². The van der Waals surface area contributed by atoms with E-state index in [9.17, 15) is 8.42 Å². The van der Waals surface area contributed by atoms with Crippen LogP contribution >= 0.6 is 0 Å². The van der Waals surface area contributed by atoms with Gasteiger partial charge in [0.25, 0.3) is 0 Å². The average molecular weight is 301 g/mol. The molecule has 3 rings (SSSR count). The van der Waals surface area contributed by atoms with Crippen LogP contribution in [0.3, 0.4) is 0 Å². The van der Waals surface area contributed by atoms with Crippen LogP contribution in [0, 0.1) is 6.92 Å². The third kappa shape index (κ3) is 2.49. The maximum Gasteiger partial charge on any atom is 0.243 e. The van der Waals surface area contributed by atoms with Gasteiger partial charge in [0.1, 0.15) is 0 Å². The summed E-state index contributed by atoms with van der Waals surface area (Å²) < 4.78 is 27.3. The number of aryl methyl sites for hydroxylation is 1. The summed E-state index contributed by atoms with van der Waals surface area (Å²) in [5.74, 6) is 0. The quantitative estimate of drug-likeness (QED) is 0.853. The first kappa shape index (κ1) is 14.3. The second-order valence-electron chi connectivity index (χ2n) is 5.55. The summed E-state index contributed by atoms with van der Waals surface area (Å²) in [5, 5.41) is 0. The molecule has 1 aliphatic heterocycles. The highest BCUT2D eigenvalue weighted by Crippen LogP contribution is 2.33. The van der Waals surface area contributed by atoms with Gasteiger partial charge >= 0.3 is 0 Å². The monoisotopic (exact) mass is 301 g/mol. The molecule has 0 aromatic heterocycles. The Morgan fingerprint density at radius 3 is 2.43 bits per heavy atom. The van der Waals surface area contributed by atoms with Gasteiger partial charge in [-0.1, -0.05) is 42.0 Å². The molecular formula is C17H19NO2S. The van der Waals surface area contributed by atoms with Crippen LogP contribution in [0.2, 0.25) is 0 Å². The molecule has 0 spiro atoms. The number of hydrogen-bond donors (Lipinski definition) is 0. The van der Waals surface area contributed by atoms with E-state index in [0.29, 0.717) is 11.4 Å². The third-order valence-corrected chi connectivity index (χ3v) is 6.15. The Hall–Kier alpha value is -1.65. The first-order valence-corrected chi connectivity index (χ1v) is 8.60. The van der Waals surface area contributed by atoms with Crippen molar-refractivity contribution in [3.05, 3.63) is 65.2 Å². The number of hydrogen-bond acceptors (Lipinski definition) is 2. The molecule has 0 aliphatic carbocycles. The summed E-state index contributed by atoms with van der Waals surface area (Å²) in [6.07, 6.45) is 0.769. The maximum absolute atomic E-state index is 12.8. The molecule has 0 N–H and O–H groups in total. The number of rotatable bonds is 2. The van der Waals surface area contributed by atoms with Crippen LogP contribution in [0.15, 0.2) is 53.4 Å². The highest BCUT2D eigenvalue weighted by Gasteiger charge is 2.33. The lowest BCUT2D eigenvalue weighted by molar-refractivity contribution is 0.326. The van der Waals surface area contributed by atoms with Gasteiger partial charge < -0.3 is 0 Å². The molecule has 1 atom stereocenters. The fraction of sp³-hybridized carbons (Fsp3) is 0.294. The zero-order valence-electron chi connectivity index (χ0n) is 12.3. The first-order chi connectivity index (χ1) is 10.00. The van der Waals surface area contributed by atoms with E-state index in [1.54, 1.807) is 16.4 Å². The SMILES string of the molecule is Cc1ccc(S(=O)(=O)N2CCc3ccccc3C2C)cc1. The van der Waals surface area contributed by atoms with Crippen LogP contribution in [-0.2, 0) is 16.4 Å². The van der Waals surface area contributed by atoms with E-state index in [0.717, 1.165) is 17.5 Å². The van der Waals surface area contributed by atoms with E-state index in [1.165, 1.54) is 5.56 Å². The van der Waals surface area contributed by atoms with Gasteiger partial charge in [-0.15, -0.1) is 0 Å². The van der Waals surface area contributed by atoms with E-state index in [4.69, 9.17) is 0 Å². The van der Waals surface area contributed by atoms with Crippen molar-refractivity contribution in [3.8, 4) is 0 Å². The summed E-state index contributed by atoms with van der Waals surface area (Å²) in [6, 6.07) is 15.0. The lowest BCUT2D eigenvalue weighted by Crippen LogP contribution is -2.38. The van der Waals surface area contributed by atoms with E-state index >= 15 is 0 Å². The Kier molecular flexibility index (Phi) is 3.59. The zero-order chi connectivity index (χ0) is 15.0. The molecule has 4 heteroatoms. The lowest BCUT2D eigenvalue weighted by Gasteiger charge is -2.34. The second-order valence-corrected chi connectivity index (χ2v) is 7.44. The lowest BCUT2D eigenvalue weighted by atomic mass is 9.96.